The van der Waals surface area contributed by atoms with Crippen LogP contribution in [0.5, 0.6) is 0 Å². The molecule has 1 aliphatic rings. The monoisotopic (exact) mass is 248 g/mol. The normalized spacial score (nSPS) is 17.9. The van der Waals surface area contributed by atoms with Crippen molar-refractivity contribution in [2.45, 2.75) is 26.4 Å². The zero-order chi connectivity index (χ0) is 13.0. The number of nitrogens with one attached hydrogen (secondary N) is 2. The van der Waals surface area contributed by atoms with Gasteiger partial charge in [0.05, 0.1) is 12.3 Å². The van der Waals surface area contributed by atoms with Crippen LogP contribution in [-0.2, 0) is 4.84 Å². The minimum absolute atomic E-state index is 0.0683. The second-order valence-corrected chi connectivity index (χ2v) is 4.26. The van der Waals surface area contributed by atoms with Crippen molar-refractivity contribution in [3.05, 3.63) is 23.9 Å². The zero-order valence-electron chi connectivity index (χ0n) is 10.4. The average Bonchev–Trinajstić information content (AvgIpc) is 2.73. The molecule has 6 heteroatoms. The Bertz CT molecular complexity index is 473. The van der Waals surface area contributed by atoms with Crippen LogP contribution in [0.25, 0.3) is 0 Å². The van der Waals surface area contributed by atoms with Gasteiger partial charge in [0.15, 0.2) is 0 Å². The summed E-state index contributed by atoms with van der Waals surface area (Å²) >= 11 is 0. The van der Waals surface area contributed by atoms with Crippen molar-refractivity contribution in [2.24, 2.45) is 5.16 Å². The molecular weight excluding hydrogens is 232 g/mol. The standard InChI is InChI=1S/C12H16N4O2/c1-8-4-3-5-11(14-8)15-12(17)13-7-10-6-9(2)16-18-10/h3-5,10H,6-7H2,1-2H3,(H2,13,14,15,17). The van der Waals surface area contributed by atoms with Crippen LogP contribution in [0.15, 0.2) is 23.4 Å². The van der Waals surface area contributed by atoms with Gasteiger partial charge in [0.25, 0.3) is 0 Å². The number of anilines is 1. The smallest absolute Gasteiger partial charge is 0.320 e. The van der Waals surface area contributed by atoms with E-state index in [1.807, 2.05) is 26.0 Å². The minimum Gasteiger partial charge on any atom is -0.390 e. The van der Waals surface area contributed by atoms with Gasteiger partial charge in [0, 0.05) is 12.1 Å². The highest BCUT2D eigenvalue weighted by Crippen LogP contribution is 2.09. The summed E-state index contributed by atoms with van der Waals surface area (Å²) < 4.78 is 0. The number of amides is 2. The molecule has 0 saturated heterocycles. The van der Waals surface area contributed by atoms with Crippen molar-refractivity contribution in [3.63, 3.8) is 0 Å². The average molecular weight is 248 g/mol. The maximum Gasteiger partial charge on any atom is 0.320 e. The molecule has 0 fully saturated rings. The van der Waals surface area contributed by atoms with Gasteiger partial charge in [-0.1, -0.05) is 11.2 Å². The number of nitrogens with zero attached hydrogens (tertiary/aromatic N) is 2. The molecule has 1 aromatic rings. The van der Waals surface area contributed by atoms with Crippen molar-refractivity contribution >= 4 is 17.6 Å². The topological polar surface area (TPSA) is 75.6 Å². The van der Waals surface area contributed by atoms with Crippen LogP contribution >= 0.6 is 0 Å². The van der Waals surface area contributed by atoms with Crippen LogP contribution < -0.4 is 10.6 Å². The Labute approximate surface area is 105 Å². The number of aryl methyl sites for hydroxylation is 1. The van der Waals surface area contributed by atoms with Gasteiger partial charge in [-0.05, 0) is 26.0 Å². The molecule has 18 heavy (non-hydrogen) atoms. The summed E-state index contributed by atoms with van der Waals surface area (Å²) in [5.74, 6) is 0.535. The van der Waals surface area contributed by atoms with E-state index >= 15 is 0 Å². The summed E-state index contributed by atoms with van der Waals surface area (Å²) in [6.07, 6.45) is 0.685. The van der Waals surface area contributed by atoms with E-state index in [2.05, 4.69) is 20.8 Å². The van der Waals surface area contributed by atoms with Crippen molar-refractivity contribution in [3.8, 4) is 0 Å². The molecule has 2 rings (SSSR count). The number of rotatable bonds is 3. The molecule has 0 saturated carbocycles. The lowest BCUT2D eigenvalue weighted by atomic mass is 10.2. The molecule has 2 heterocycles. The first kappa shape index (κ1) is 12.3. The number of urea groups is 1. The predicted molar refractivity (Wildman–Crippen MR) is 68.6 cm³/mol. The third-order valence-electron chi connectivity index (χ3n) is 2.50. The second kappa shape index (κ2) is 5.48. The Morgan fingerprint density at radius 2 is 2.33 bits per heavy atom. The Balaban J connectivity index is 1.76. The van der Waals surface area contributed by atoms with Crippen molar-refractivity contribution in [1.82, 2.24) is 10.3 Å². The van der Waals surface area contributed by atoms with Crippen LogP contribution in [0.1, 0.15) is 19.0 Å². The van der Waals surface area contributed by atoms with Crippen molar-refractivity contribution in [1.29, 1.82) is 0 Å². The van der Waals surface area contributed by atoms with Gasteiger partial charge in [-0.3, -0.25) is 5.32 Å². The van der Waals surface area contributed by atoms with Crippen molar-refractivity contribution in [2.75, 3.05) is 11.9 Å². The van der Waals surface area contributed by atoms with Crippen molar-refractivity contribution < 1.29 is 9.63 Å². The fraction of sp³-hybridized carbons (Fsp3) is 0.417. The number of hydrogen-bond donors (Lipinski definition) is 2. The molecule has 1 aliphatic heterocycles. The number of carbonyl (C=O) groups is 1. The number of oxime groups is 1. The van der Waals surface area contributed by atoms with E-state index in [0.29, 0.717) is 12.4 Å². The van der Waals surface area contributed by atoms with E-state index in [4.69, 9.17) is 4.84 Å². The molecule has 1 unspecified atom stereocenters. The maximum absolute atomic E-state index is 11.6. The zero-order valence-corrected chi connectivity index (χ0v) is 10.4. The summed E-state index contributed by atoms with van der Waals surface area (Å²) in [7, 11) is 0. The van der Waals surface area contributed by atoms with Gasteiger partial charge in [0.1, 0.15) is 11.9 Å². The summed E-state index contributed by atoms with van der Waals surface area (Å²) in [6.45, 7) is 4.20. The first-order chi connectivity index (χ1) is 8.63. The van der Waals surface area contributed by atoms with E-state index < -0.39 is 0 Å². The lowest BCUT2D eigenvalue weighted by molar-refractivity contribution is 0.0870. The molecule has 2 amide bonds. The molecule has 1 atom stereocenters. The van der Waals surface area contributed by atoms with Gasteiger partial charge >= 0.3 is 6.03 Å². The molecule has 0 radical (unpaired) electrons. The minimum atomic E-state index is -0.291. The predicted octanol–water partition coefficient (Wildman–Crippen LogP) is 1.68. The fourth-order valence-corrected chi connectivity index (χ4v) is 1.66. The SMILES string of the molecule is CC1=NOC(CNC(=O)Nc2cccc(C)n2)C1. The number of pyridine rings is 1. The van der Waals surface area contributed by atoms with E-state index in [1.165, 1.54) is 0 Å². The Morgan fingerprint density at radius 3 is 3.00 bits per heavy atom. The Hall–Kier alpha value is -2.11. The first-order valence-electron chi connectivity index (χ1n) is 5.81. The molecule has 2 N–H and O–H groups in total. The molecule has 6 nitrogen and oxygen atoms in total. The van der Waals surface area contributed by atoms with E-state index in [1.54, 1.807) is 6.07 Å². The number of aromatic nitrogens is 1. The highest BCUT2D eigenvalue weighted by Gasteiger charge is 2.18. The summed E-state index contributed by atoms with van der Waals surface area (Å²) in [5, 5.41) is 9.21. The molecule has 1 aromatic heterocycles. The highest BCUT2D eigenvalue weighted by atomic mass is 16.6. The lowest BCUT2D eigenvalue weighted by Gasteiger charge is -2.10. The highest BCUT2D eigenvalue weighted by molar-refractivity contribution is 5.88. The third kappa shape index (κ3) is 3.44. The quantitative estimate of drug-likeness (QED) is 0.854. The summed E-state index contributed by atoms with van der Waals surface area (Å²) in [6, 6.07) is 5.16. The molecular formula is C12H16N4O2. The van der Waals surface area contributed by atoms with Crippen LogP contribution in [0.4, 0.5) is 10.6 Å². The second-order valence-electron chi connectivity index (χ2n) is 4.26. The van der Waals surface area contributed by atoms with Gasteiger partial charge in [-0.25, -0.2) is 9.78 Å². The van der Waals surface area contributed by atoms with Crippen LogP contribution in [0, 0.1) is 6.92 Å². The van der Waals surface area contributed by atoms with Crippen LogP contribution in [-0.4, -0.2) is 29.4 Å². The maximum atomic E-state index is 11.6. The lowest BCUT2D eigenvalue weighted by Crippen LogP contribution is -2.35. The van der Waals surface area contributed by atoms with Crippen LogP contribution in [0.2, 0.25) is 0 Å². The van der Waals surface area contributed by atoms with Gasteiger partial charge in [-0.2, -0.15) is 0 Å². The summed E-state index contributed by atoms with van der Waals surface area (Å²) in [4.78, 5) is 20.9. The third-order valence-corrected chi connectivity index (χ3v) is 2.50. The van der Waals surface area contributed by atoms with Gasteiger partial charge in [0.2, 0.25) is 0 Å². The first-order valence-corrected chi connectivity index (χ1v) is 5.81. The van der Waals surface area contributed by atoms with E-state index in [9.17, 15) is 4.79 Å². The largest absolute Gasteiger partial charge is 0.390 e. The molecule has 96 valence electrons. The van der Waals surface area contributed by atoms with Gasteiger partial charge < -0.3 is 10.2 Å². The van der Waals surface area contributed by atoms with E-state index in [-0.39, 0.29) is 12.1 Å². The number of hydrogen-bond acceptors (Lipinski definition) is 4. The molecule has 0 bridgehead atoms. The Morgan fingerprint density at radius 1 is 1.50 bits per heavy atom. The van der Waals surface area contributed by atoms with E-state index in [0.717, 1.165) is 17.8 Å². The number of carbonyl (C=O) groups excluding carboxylic acids is 1. The van der Waals surface area contributed by atoms with Gasteiger partial charge in [-0.15, -0.1) is 0 Å². The summed E-state index contributed by atoms with van der Waals surface area (Å²) in [5.41, 5.74) is 1.80. The van der Waals surface area contributed by atoms with Crippen LogP contribution in [0.3, 0.4) is 0 Å². The molecule has 0 spiro atoms. The molecule has 0 aliphatic carbocycles. The Kier molecular flexibility index (Phi) is 3.76. The fourth-order valence-electron chi connectivity index (χ4n) is 1.66. The molecule has 0 aromatic carbocycles.